The molecule has 0 spiro atoms. The van der Waals surface area contributed by atoms with Crippen LogP contribution in [-0.4, -0.2) is 18.0 Å². The second-order valence-corrected chi connectivity index (χ2v) is 6.59. The summed E-state index contributed by atoms with van der Waals surface area (Å²) in [6, 6.07) is 9.71. The predicted molar refractivity (Wildman–Crippen MR) is 97.1 cm³/mol. The van der Waals surface area contributed by atoms with Crippen LogP contribution in [0.2, 0.25) is 0 Å². The summed E-state index contributed by atoms with van der Waals surface area (Å²) in [5.74, 6) is -2.82. The Morgan fingerprint density at radius 2 is 2.07 bits per heavy atom. The minimum atomic E-state index is -1.19. The zero-order valence-electron chi connectivity index (χ0n) is 14.4. The number of nitrogens with zero attached hydrogens (tertiary/aromatic N) is 1. The molecule has 2 aromatic carbocycles. The first-order valence-electron chi connectivity index (χ1n) is 7.94. The predicted octanol–water partition coefficient (Wildman–Crippen LogP) is 3.70. The highest BCUT2D eigenvalue weighted by atomic mass is 32.1. The van der Waals surface area contributed by atoms with E-state index in [2.05, 4.69) is 4.98 Å². The van der Waals surface area contributed by atoms with Crippen LogP contribution in [0.3, 0.4) is 0 Å². The van der Waals surface area contributed by atoms with Crippen molar-refractivity contribution in [1.29, 1.82) is 0 Å². The number of methoxy groups -OCH3 is 1. The Balaban J connectivity index is 1.68. The molecule has 0 bridgehead atoms. The Morgan fingerprint density at radius 3 is 2.81 bits per heavy atom. The number of benzene rings is 2. The maximum Gasteiger partial charge on any atom is 0.254 e. The van der Waals surface area contributed by atoms with Gasteiger partial charge in [-0.05, 0) is 29.8 Å². The number of rotatable bonds is 7. The van der Waals surface area contributed by atoms with Gasteiger partial charge in [0.15, 0.2) is 11.6 Å². The number of hydrogen-bond donors (Lipinski definition) is 1. The number of ether oxygens (including phenoxy) is 2. The van der Waals surface area contributed by atoms with Crippen molar-refractivity contribution in [2.45, 2.75) is 13.0 Å². The number of carbonyl (C=O) groups excluding carboxylic acids is 1. The molecule has 0 fully saturated rings. The van der Waals surface area contributed by atoms with Crippen molar-refractivity contribution in [3.63, 3.8) is 0 Å². The van der Waals surface area contributed by atoms with Crippen LogP contribution in [0.15, 0.2) is 41.8 Å². The molecule has 8 heteroatoms. The molecule has 0 saturated heterocycles. The lowest BCUT2D eigenvalue weighted by atomic mass is 10.1. The molecule has 3 rings (SSSR count). The van der Waals surface area contributed by atoms with E-state index < -0.39 is 23.1 Å². The van der Waals surface area contributed by atoms with E-state index in [1.54, 1.807) is 7.11 Å². The van der Waals surface area contributed by atoms with Gasteiger partial charge in [-0.1, -0.05) is 12.1 Å². The van der Waals surface area contributed by atoms with Crippen LogP contribution in [0.5, 0.6) is 11.5 Å². The molecular weight excluding hydrogens is 374 g/mol. The third-order valence-corrected chi connectivity index (χ3v) is 4.64. The van der Waals surface area contributed by atoms with Crippen molar-refractivity contribution in [3.8, 4) is 11.5 Å². The Hall–Kier alpha value is -3.00. The van der Waals surface area contributed by atoms with Gasteiger partial charge >= 0.3 is 0 Å². The first-order chi connectivity index (χ1) is 13.0. The maximum absolute atomic E-state index is 14.2. The molecule has 0 saturated carbocycles. The quantitative estimate of drug-likeness (QED) is 0.668. The summed E-state index contributed by atoms with van der Waals surface area (Å²) in [6.45, 7) is -0.0104. The third-order valence-electron chi connectivity index (χ3n) is 3.77. The van der Waals surface area contributed by atoms with Gasteiger partial charge in [-0.3, -0.25) is 4.79 Å². The highest BCUT2D eigenvalue weighted by Crippen LogP contribution is 2.25. The minimum Gasteiger partial charge on any atom is -0.497 e. The van der Waals surface area contributed by atoms with Gasteiger partial charge in [0.05, 0.1) is 12.8 Å². The lowest BCUT2D eigenvalue weighted by Crippen LogP contribution is -2.16. The highest BCUT2D eigenvalue weighted by molar-refractivity contribution is 7.09. The zero-order chi connectivity index (χ0) is 19.4. The fourth-order valence-corrected chi connectivity index (χ4v) is 3.20. The average Bonchev–Trinajstić information content (AvgIpc) is 3.08. The van der Waals surface area contributed by atoms with Gasteiger partial charge in [-0.2, -0.15) is 0 Å². The van der Waals surface area contributed by atoms with E-state index in [-0.39, 0.29) is 12.4 Å². The first-order valence-corrected chi connectivity index (χ1v) is 8.82. The fraction of sp³-hybridized carbons (Fsp3) is 0.158. The van der Waals surface area contributed by atoms with Crippen LogP contribution in [-0.2, 0) is 13.0 Å². The molecule has 0 radical (unpaired) electrons. The van der Waals surface area contributed by atoms with Crippen molar-refractivity contribution in [2.75, 3.05) is 7.11 Å². The molecular formula is C19H16F2N2O3S. The topological polar surface area (TPSA) is 74.4 Å². The van der Waals surface area contributed by atoms with Gasteiger partial charge in [-0.15, -0.1) is 11.3 Å². The molecule has 1 heterocycles. The summed E-state index contributed by atoms with van der Waals surface area (Å²) in [5.41, 5.74) is 6.06. The molecule has 0 aliphatic rings. The number of halogens is 2. The summed E-state index contributed by atoms with van der Waals surface area (Å²) in [5, 5.41) is 2.51. The van der Waals surface area contributed by atoms with Crippen molar-refractivity contribution >= 4 is 17.2 Å². The Bertz CT molecular complexity index is 975. The van der Waals surface area contributed by atoms with Gasteiger partial charge in [0, 0.05) is 11.8 Å². The van der Waals surface area contributed by atoms with E-state index in [4.69, 9.17) is 15.2 Å². The minimum absolute atomic E-state index is 0.0104. The van der Waals surface area contributed by atoms with Gasteiger partial charge in [0.25, 0.3) is 5.91 Å². The maximum atomic E-state index is 14.2. The third kappa shape index (κ3) is 4.40. The second kappa shape index (κ2) is 8.13. The first kappa shape index (κ1) is 18.8. The van der Waals surface area contributed by atoms with Gasteiger partial charge < -0.3 is 15.2 Å². The van der Waals surface area contributed by atoms with Crippen LogP contribution in [0.4, 0.5) is 8.78 Å². The largest absolute Gasteiger partial charge is 0.497 e. The number of carbonyl (C=O) groups is 1. The molecule has 3 aromatic rings. The zero-order valence-corrected chi connectivity index (χ0v) is 15.2. The molecule has 1 aromatic heterocycles. The normalized spacial score (nSPS) is 10.6. The van der Waals surface area contributed by atoms with E-state index >= 15 is 0 Å². The monoisotopic (exact) mass is 390 g/mol. The SMILES string of the molecule is COc1cccc(Cc2csc(COc3ccc(F)c(C(N)=O)c3F)n2)c1. The molecule has 0 aliphatic carbocycles. The molecule has 1 amide bonds. The lowest BCUT2D eigenvalue weighted by Gasteiger charge is -2.08. The lowest BCUT2D eigenvalue weighted by molar-refractivity contribution is 0.0991. The number of primary amides is 1. The van der Waals surface area contributed by atoms with Gasteiger partial charge in [0.2, 0.25) is 0 Å². The van der Waals surface area contributed by atoms with E-state index in [0.29, 0.717) is 11.4 Å². The number of amides is 1. The summed E-state index contributed by atoms with van der Waals surface area (Å²) < 4.78 is 38.2. The summed E-state index contributed by atoms with van der Waals surface area (Å²) in [6.07, 6.45) is 0.616. The summed E-state index contributed by atoms with van der Waals surface area (Å²) >= 11 is 1.36. The highest BCUT2D eigenvalue weighted by Gasteiger charge is 2.19. The van der Waals surface area contributed by atoms with E-state index in [1.807, 2.05) is 29.6 Å². The molecule has 5 nitrogen and oxygen atoms in total. The van der Waals surface area contributed by atoms with Crippen LogP contribution < -0.4 is 15.2 Å². The Morgan fingerprint density at radius 1 is 1.26 bits per heavy atom. The van der Waals surface area contributed by atoms with Crippen LogP contribution in [0.25, 0.3) is 0 Å². The second-order valence-electron chi connectivity index (χ2n) is 5.65. The number of thiazole rings is 1. The van der Waals surface area contributed by atoms with Crippen molar-refractivity contribution < 1.29 is 23.0 Å². The van der Waals surface area contributed by atoms with E-state index in [1.165, 1.54) is 11.3 Å². The number of hydrogen-bond acceptors (Lipinski definition) is 5. The molecule has 2 N–H and O–H groups in total. The summed E-state index contributed by atoms with van der Waals surface area (Å²) in [7, 11) is 1.61. The molecule has 0 atom stereocenters. The van der Waals surface area contributed by atoms with Crippen molar-refractivity contribution in [1.82, 2.24) is 4.98 Å². The van der Waals surface area contributed by atoms with Crippen LogP contribution in [0.1, 0.15) is 26.6 Å². The Kier molecular flexibility index (Phi) is 5.66. The molecule has 140 valence electrons. The summed E-state index contributed by atoms with van der Waals surface area (Å²) in [4.78, 5) is 15.6. The number of aromatic nitrogens is 1. The average molecular weight is 390 g/mol. The van der Waals surface area contributed by atoms with Crippen LogP contribution >= 0.6 is 11.3 Å². The molecule has 0 unspecified atom stereocenters. The number of nitrogens with two attached hydrogens (primary N) is 1. The van der Waals surface area contributed by atoms with E-state index in [0.717, 1.165) is 29.1 Å². The standard InChI is InChI=1S/C19H16F2N2O3S/c1-25-13-4-2-3-11(8-13)7-12-10-27-16(23-12)9-26-15-6-5-14(20)17(18(15)21)19(22)24/h2-6,8,10H,7,9H2,1H3,(H2,22,24). The smallest absolute Gasteiger partial charge is 0.254 e. The van der Waals surface area contributed by atoms with Gasteiger partial charge in [-0.25, -0.2) is 13.8 Å². The Labute approximate surface area is 158 Å². The van der Waals surface area contributed by atoms with Crippen molar-refractivity contribution in [2.24, 2.45) is 5.73 Å². The fourth-order valence-electron chi connectivity index (χ4n) is 2.50. The molecule has 27 heavy (non-hydrogen) atoms. The van der Waals surface area contributed by atoms with Crippen LogP contribution in [0, 0.1) is 11.6 Å². The van der Waals surface area contributed by atoms with Gasteiger partial charge in [0.1, 0.15) is 28.7 Å². The van der Waals surface area contributed by atoms with E-state index in [9.17, 15) is 13.6 Å². The van der Waals surface area contributed by atoms with Crippen molar-refractivity contribution in [3.05, 3.63) is 75.2 Å². The molecule has 0 aliphatic heterocycles.